The topological polar surface area (TPSA) is 25.2 Å². The van der Waals surface area contributed by atoms with E-state index in [9.17, 15) is 0 Å². The van der Waals surface area contributed by atoms with E-state index in [0.717, 1.165) is 34.7 Å². The Morgan fingerprint density at radius 1 is 1.40 bits per heavy atom. The summed E-state index contributed by atoms with van der Waals surface area (Å²) in [6.45, 7) is 2.87. The number of hydrogen-bond acceptors (Lipinski definition) is 2. The number of likely N-dealkylation sites (N-methyl/N-ethyl adjacent to an activating group) is 1. The molecule has 80 valence electrons. The minimum Gasteiger partial charge on any atom is -0.461 e. The first-order chi connectivity index (χ1) is 7.22. The molecule has 0 unspecified atom stereocenters. The average Bonchev–Trinajstić information content (AvgIpc) is 2.59. The van der Waals surface area contributed by atoms with Gasteiger partial charge in [-0.05, 0) is 44.6 Å². The summed E-state index contributed by atoms with van der Waals surface area (Å²) in [5.74, 6) is 0.901. The van der Waals surface area contributed by atoms with E-state index in [2.05, 4.69) is 5.32 Å². The first kappa shape index (κ1) is 10.5. The average molecular weight is 224 g/mol. The van der Waals surface area contributed by atoms with Crippen molar-refractivity contribution in [1.82, 2.24) is 5.32 Å². The summed E-state index contributed by atoms with van der Waals surface area (Å²) in [4.78, 5) is 0. The molecule has 0 amide bonds. The number of benzene rings is 1. The first-order valence-electron chi connectivity index (χ1n) is 5.04. The molecule has 2 rings (SSSR count). The number of nitrogens with one attached hydrogen (secondary N) is 1. The van der Waals surface area contributed by atoms with Crippen molar-refractivity contribution < 1.29 is 4.42 Å². The van der Waals surface area contributed by atoms with E-state index in [1.54, 1.807) is 0 Å². The lowest BCUT2D eigenvalue weighted by Gasteiger charge is -2.03. The fourth-order valence-corrected chi connectivity index (χ4v) is 2.01. The SMILES string of the molecule is CNCCc1ccc2oc(C)cc2c1Cl. The fraction of sp³-hybridized carbons (Fsp3) is 0.333. The maximum absolute atomic E-state index is 6.30. The zero-order valence-corrected chi connectivity index (χ0v) is 9.69. The third-order valence-electron chi connectivity index (χ3n) is 2.48. The lowest BCUT2D eigenvalue weighted by molar-refractivity contribution is 0.578. The van der Waals surface area contributed by atoms with Crippen LogP contribution in [0.2, 0.25) is 5.02 Å². The van der Waals surface area contributed by atoms with E-state index < -0.39 is 0 Å². The number of aryl methyl sites for hydroxylation is 1. The summed E-state index contributed by atoms with van der Waals surface area (Å²) in [6.07, 6.45) is 0.940. The molecule has 0 spiro atoms. The number of halogens is 1. The van der Waals surface area contributed by atoms with Gasteiger partial charge in [0.25, 0.3) is 0 Å². The molecule has 1 N–H and O–H groups in total. The molecule has 0 saturated heterocycles. The van der Waals surface area contributed by atoms with Crippen molar-refractivity contribution in [1.29, 1.82) is 0 Å². The molecule has 15 heavy (non-hydrogen) atoms. The van der Waals surface area contributed by atoms with E-state index in [4.69, 9.17) is 16.0 Å². The summed E-state index contributed by atoms with van der Waals surface area (Å²) >= 11 is 6.30. The van der Waals surface area contributed by atoms with E-state index in [0.29, 0.717) is 0 Å². The van der Waals surface area contributed by atoms with Gasteiger partial charge in [0.1, 0.15) is 11.3 Å². The van der Waals surface area contributed by atoms with Gasteiger partial charge < -0.3 is 9.73 Å². The van der Waals surface area contributed by atoms with E-state index in [1.165, 1.54) is 5.56 Å². The molecular weight excluding hydrogens is 210 g/mol. The van der Waals surface area contributed by atoms with Gasteiger partial charge in [-0.25, -0.2) is 0 Å². The molecule has 1 heterocycles. The molecule has 2 aromatic rings. The minimum atomic E-state index is 0.819. The minimum absolute atomic E-state index is 0.819. The van der Waals surface area contributed by atoms with Gasteiger partial charge in [0.05, 0.1) is 5.02 Å². The Kier molecular flexibility index (Phi) is 2.98. The van der Waals surface area contributed by atoms with E-state index in [1.807, 2.05) is 32.2 Å². The maximum atomic E-state index is 6.30. The predicted molar refractivity (Wildman–Crippen MR) is 63.6 cm³/mol. The standard InChI is InChI=1S/C12H14ClNO/c1-8-7-10-11(15-8)4-3-9(12(10)13)5-6-14-2/h3-4,7,14H,5-6H2,1-2H3. The molecule has 0 saturated carbocycles. The molecule has 0 radical (unpaired) electrons. The predicted octanol–water partition coefficient (Wildman–Crippen LogP) is 3.16. The van der Waals surface area contributed by atoms with Gasteiger partial charge in [0, 0.05) is 5.39 Å². The van der Waals surface area contributed by atoms with Crippen molar-refractivity contribution in [2.24, 2.45) is 0 Å². The van der Waals surface area contributed by atoms with Crippen LogP contribution in [-0.4, -0.2) is 13.6 Å². The van der Waals surface area contributed by atoms with Crippen molar-refractivity contribution >= 4 is 22.6 Å². The van der Waals surface area contributed by atoms with Crippen LogP contribution in [0, 0.1) is 6.92 Å². The molecule has 0 aliphatic carbocycles. The van der Waals surface area contributed by atoms with Crippen molar-refractivity contribution in [3.63, 3.8) is 0 Å². The van der Waals surface area contributed by atoms with Gasteiger partial charge >= 0.3 is 0 Å². The first-order valence-corrected chi connectivity index (χ1v) is 5.42. The van der Waals surface area contributed by atoms with Gasteiger partial charge in [-0.2, -0.15) is 0 Å². The van der Waals surface area contributed by atoms with Gasteiger partial charge in [-0.1, -0.05) is 17.7 Å². The van der Waals surface area contributed by atoms with Crippen molar-refractivity contribution in [3.05, 3.63) is 34.5 Å². The molecular formula is C12H14ClNO. The van der Waals surface area contributed by atoms with Crippen LogP contribution < -0.4 is 5.32 Å². The summed E-state index contributed by atoms with van der Waals surface area (Å²) in [7, 11) is 1.94. The quantitative estimate of drug-likeness (QED) is 0.865. The number of hydrogen-bond donors (Lipinski definition) is 1. The number of fused-ring (bicyclic) bond motifs is 1. The molecule has 1 aromatic heterocycles. The highest BCUT2D eigenvalue weighted by atomic mass is 35.5. The summed E-state index contributed by atoms with van der Waals surface area (Å²) < 4.78 is 5.51. The van der Waals surface area contributed by atoms with Crippen LogP contribution in [0.4, 0.5) is 0 Å². The highest BCUT2D eigenvalue weighted by molar-refractivity contribution is 6.36. The normalized spacial score (nSPS) is 11.1. The Hall–Kier alpha value is -0.990. The van der Waals surface area contributed by atoms with Gasteiger partial charge in [0.2, 0.25) is 0 Å². The lowest BCUT2D eigenvalue weighted by Crippen LogP contribution is -2.10. The van der Waals surface area contributed by atoms with Crippen molar-refractivity contribution in [2.75, 3.05) is 13.6 Å². The van der Waals surface area contributed by atoms with Gasteiger partial charge in [0.15, 0.2) is 0 Å². The molecule has 0 aliphatic rings. The van der Waals surface area contributed by atoms with Crippen LogP contribution in [0.5, 0.6) is 0 Å². The van der Waals surface area contributed by atoms with Crippen LogP contribution in [0.3, 0.4) is 0 Å². The summed E-state index contributed by atoms with van der Waals surface area (Å²) in [5.41, 5.74) is 2.03. The molecule has 3 heteroatoms. The van der Waals surface area contributed by atoms with Crippen molar-refractivity contribution in [3.8, 4) is 0 Å². The zero-order valence-electron chi connectivity index (χ0n) is 8.93. The molecule has 2 nitrogen and oxygen atoms in total. The molecule has 0 aliphatic heterocycles. The summed E-state index contributed by atoms with van der Waals surface area (Å²) in [5, 5.41) is 4.95. The van der Waals surface area contributed by atoms with Crippen LogP contribution >= 0.6 is 11.6 Å². The highest BCUT2D eigenvalue weighted by Crippen LogP contribution is 2.29. The van der Waals surface area contributed by atoms with Crippen LogP contribution in [-0.2, 0) is 6.42 Å². The monoisotopic (exact) mass is 223 g/mol. The maximum Gasteiger partial charge on any atom is 0.135 e. The largest absolute Gasteiger partial charge is 0.461 e. The van der Waals surface area contributed by atoms with Gasteiger partial charge in [-0.3, -0.25) is 0 Å². The second-order valence-corrected chi connectivity index (χ2v) is 4.04. The molecule has 1 aromatic carbocycles. The van der Waals surface area contributed by atoms with Gasteiger partial charge in [-0.15, -0.1) is 0 Å². The van der Waals surface area contributed by atoms with E-state index in [-0.39, 0.29) is 0 Å². The zero-order chi connectivity index (χ0) is 10.8. The third-order valence-corrected chi connectivity index (χ3v) is 2.93. The Morgan fingerprint density at radius 3 is 2.93 bits per heavy atom. The van der Waals surface area contributed by atoms with Crippen LogP contribution in [0.25, 0.3) is 11.0 Å². The lowest BCUT2D eigenvalue weighted by atomic mass is 10.1. The number of rotatable bonds is 3. The number of furan rings is 1. The molecule has 0 fully saturated rings. The Balaban J connectivity index is 2.45. The molecule has 0 bridgehead atoms. The Labute approximate surface area is 94.2 Å². The third kappa shape index (κ3) is 2.01. The van der Waals surface area contributed by atoms with Crippen molar-refractivity contribution in [2.45, 2.75) is 13.3 Å². The van der Waals surface area contributed by atoms with Crippen LogP contribution in [0.1, 0.15) is 11.3 Å². The second kappa shape index (κ2) is 4.25. The highest BCUT2D eigenvalue weighted by Gasteiger charge is 2.08. The Morgan fingerprint density at radius 2 is 2.20 bits per heavy atom. The molecule has 0 atom stereocenters. The van der Waals surface area contributed by atoms with Crippen LogP contribution in [0.15, 0.2) is 22.6 Å². The second-order valence-electron chi connectivity index (χ2n) is 3.66. The fourth-order valence-electron chi connectivity index (χ4n) is 1.70. The summed E-state index contributed by atoms with van der Waals surface area (Å²) in [6, 6.07) is 6.00. The Bertz CT molecular complexity index is 476. The van der Waals surface area contributed by atoms with E-state index >= 15 is 0 Å². The smallest absolute Gasteiger partial charge is 0.135 e.